The predicted octanol–water partition coefficient (Wildman–Crippen LogP) is 3.93. The number of ether oxygens (including phenoxy) is 1. The molecule has 2 aliphatic carbocycles. The van der Waals surface area contributed by atoms with Crippen molar-refractivity contribution in [1.29, 1.82) is 0 Å². The Hall–Kier alpha value is -0.740. The number of hydrogen-bond acceptors (Lipinski definition) is 4. The van der Waals surface area contributed by atoms with Crippen LogP contribution in [0.2, 0.25) is 0 Å². The number of carbonyl (C=O) groups is 1. The summed E-state index contributed by atoms with van der Waals surface area (Å²) in [6.07, 6.45) is 9.17. The highest BCUT2D eigenvalue weighted by molar-refractivity contribution is 7.12. The summed E-state index contributed by atoms with van der Waals surface area (Å²) in [5.74, 6) is 0.809. The first kappa shape index (κ1) is 13.3. The van der Waals surface area contributed by atoms with E-state index in [0.717, 1.165) is 23.5 Å². The molecule has 0 saturated heterocycles. The van der Waals surface area contributed by atoms with Crippen LogP contribution in [0.5, 0.6) is 0 Å². The number of rotatable bonds is 3. The summed E-state index contributed by atoms with van der Waals surface area (Å²) >= 11 is 1.71. The van der Waals surface area contributed by atoms with Crippen molar-refractivity contribution in [3.05, 3.63) is 15.6 Å². The molecule has 1 aromatic rings. The molecule has 19 heavy (non-hydrogen) atoms. The standard InChI is InChI=1S/C15H21NO2S/c1-18-14(10-6-3-2-4-7-10)15-16-13-11(17)8-5-9-12(13)19-15/h10,14H,2-9H2,1H3. The monoisotopic (exact) mass is 279 g/mol. The Morgan fingerprint density at radius 2 is 2.00 bits per heavy atom. The van der Waals surface area contributed by atoms with Gasteiger partial charge in [-0.1, -0.05) is 19.3 Å². The van der Waals surface area contributed by atoms with Crippen molar-refractivity contribution < 1.29 is 9.53 Å². The molecule has 1 heterocycles. The van der Waals surface area contributed by atoms with Crippen LogP contribution in [0.15, 0.2) is 0 Å². The van der Waals surface area contributed by atoms with Gasteiger partial charge in [-0.2, -0.15) is 0 Å². The van der Waals surface area contributed by atoms with Crippen LogP contribution in [0, 0.1) is 5.92 Å². The van der Waals surface area contributed by atoms with Crippen LogP contribution < -0.4 is 0 Å². The maximum atomic E-state index is 11.9. The maximum absolute atomic E-state index is 11.9. The van der Waals surface area contributed by atoms with Crippen molar-refractivity contribution in [2.24, 2.45) is 5.92 Å². The number of methoxy groups -OCH3 is 1. The third kappa shape index (κ3) is 2.61. The first-order valence-corrected chi connectivity index (χ1v) is 8.17. The van der Waals surface area contributed by atoms with Gasteiger partial charge in [-0.05, 0) is 31.6 Å². The number of hydrogen-bond donors (Lipinski definition) is 0. The largest absolute Gasteiger partial charge is 0.374 e. The Kier molecular flexibility index (Phi) is 3.99. The second kappa shape index (κ2) is 5.71. The van der Waals surface area contributed by atoms with E-state index >= 15 is 0 Å². The molecule has 0 aromatic carbocycles. The van der Waals surface area contributed by atoms with Gasteiger partial charge in [-0.15, -0.1) is 11.3 Å². The molecule has 1 unspecified atom stereocenters. The van der Waals surface area contributed by atoms with Crippen LogP contribution in [0.25, 0.3) is 0 Å². The third-order valence-electron chi connectivity index (χ3n) is 4.36. The Bertz CT molecular complexity index is 463. The first-order valence-electron chi connectivity index (χ1n) is 7.35. The molecule has 1 aromatic heterocycles. The topological polar surface area (TPSA) is 39.2 Å². The molecule has 3 rings (SSSR count). The molecule has 2 aliphatic rings. The number of Topliss-reactive ketones (excluding diaryl/α,β-unsaturated/α-hetero) is 1. The smallest absolute Gasteiger partial charge is 0.182 e. The van der Waals surface area contributed by atoms with E-state index in [2.05, 4.69) is 4.98 Å². The number of aryl methyl sites for hydroxylation is 1. The van der Waals surface area contributed by atoms with Crippen molar-refractivity contribution >= 4 is 17.1 Å². The molecule has 3 nitrogen and oxygen atoms in total. The van der Waals surface area contributed by atoms with E-state index in [1.165, 1.54) is 37.0 Å². The van der Waals surface area contributed by atoms with Crippen LogP contribution in [-0.2, 0) is 11.2 Å². The number of carbonyl (C=O) groups excluding carboxylic acids is 1. The zero-order chi connectivity index (χ0) is 13.2. The van der Waals surface area contributed by atoms with E-state index in [1.54, 1.807) is 18.4 Å². The molecular weight excluding hydrogens is 258 g/mol. The van der Waals surface area contributed by atoms with Gasteiger partial charge in [0.2, 0.25) is 0 Å². The Morgan fingerprint density at radius 3 is 2.68 bits per heavy atom. The van der Waals surface area contributed by atoms with Gasteiger partial charge >= 0.3 is 0 Å². The lowest BCUT2D eigenvalue weighted by Gasteiger charge is -2.27. The molecule has 0 aliphatic heterocycles. The summed E-state index contributed by atoms with van der Waals surface area (Å²) in [5, 5.41) is 1.04. The molecule has 4 heteroatoms. The number of fused-ring (bicyclic) bond motifs is 1. The van der Waals surface area contributed by atoms with E-state index in [4.69, 9.17) is 4.74 Å². The lowest BCUT2D eigenvalue weighted by molar-refractivity contribution is 0.0351. The molecule has 0 N–H and O–H groups in total. The van der Waals surface area contributed by atoms with Crippen molar-refractivity contribution in [1.82, 2.24) is 4.98 Å². The summed E-state index contributed by atoms with van der Waals surface area (Å²) in [6, 6.07) is 0. The average Bonchev–Trinajstić information content (AvgIpc) is 2.86. The lowest BCUT2D eigenvalue weighted by atomic mass is 9.85. The van der Waals surface area contributed by atoms with Gasteiger partial charge in [0.1, 0.15) is 16.8 Å². The molecule has 1 fully saturated rings. The van der Waals surface area contributed by atoms with Gasteiger partial charge in [0.05, 0.1) is 0 Å². The summed E-state index contributed by atoms with van der Waals surface area (Å²) in [6.45, 7) is 0. The first-order chi connectivity index (χ1) is 9.29. The van der Waals surface area contributed by atoms with E-state index < -0.39 is 0 Å². The SMILES string of the molecule is COC(c1nc2c(s1)CCCC2=O)C1CCCCC1. The van der Waals surface area contributed by atoms with Gasteiger partial charge in [0, 0.05) is 18.4 Å². The third-order valence-corrected chi connectivity index (χ3v) is 5.54. The van der Waals surface area contributed by atoms with Crippen molar-refractivity contribution in [2.75, 3.05) is 7.11 Å². The fourth-order valence-electron chi connectivity index (χ4n) is 3.34. The highest BCUT2D eigenvalue weighted by Crippen LogP contribution is 2.39. The second-order valence-electron chi connectivity index (χ2n) is 5.66. The number of ketones is 1. The van der Waals surface area contributed by atoms with Crippen molar-refractivity contribution in [2.45, 2.75) is 57.5 Å². The van der Waals surface area contributed by atoms with Gasteiger partial charge in [-0.25, -0.2) is 4.98 Å². The molecule has 1 saturated carbocycles. The minimum atomic E-state index is 0.101. The zero-order valence-electron chi connectivity index (χ0n) is 11.5. The zero-order valence-corrected chi connectivity index (χ0v) is 12.3. The minimum Gasteiger partial charge on any atom is -0.374 e. The highest BCUT2D eigenvalue weighted by atomic mass is 32.1. The van der Waals surface area contributed by atoms with Crippen LogP contribution in [0.4, 0.5) is 0 Å². The summed E-state index contributed by atoms with van der Waals surface area (Å²) in [7, 11) is 1.78. The maximum Gasteiger partial charge on any atom is 0.182 e. The summed E-state index contributed by atoms with van der Waals surface area (Å²) in [4.78, 5) is 17.7. The van der Waals surface area contributed by atoms with Crippen molar-refractivity contribution in [3.63, 3.8) is 0 Å². The highest BCUT2D eigenvalue weighted by Gasteiger charge is 2.30. The summed E-state index contributed by atoms with van der Waals surface area (Å²) in [5.41, 5.74) is 0.740. The van der Waals surface area contributed by atoms with Gasteiger partial charge in [-0.3, -0.25) is 4.79 Å². The molecule has 0 amide bonds. The minimum absolute atomic E-state index is 0.101. The lowest BCUT2D eigenvalue weighted by Crippen LogP contribution is -2.18. The average molecular weight is 279 g/mol. The molecule has 0 bridgehead atoms. The molecular formula is C15H21NO2S. The van der Waals surface area contributed by atoms with Gasteiger partial charge < -0.3 is 4.74 Å². The van der Waals surface area contributed by atoms with Gasteiger partial charge in [0.15, 0.2) is 5.78 Å². The molecule has 0 spiro atoms. The molecule has 104 valence electrons. The number of aromatic nitrogens is 1. The fraction of sp³-hybridized carbons (Fsp3) is 0.733. The van der Waals surface area contributed by atoms with Crippen LogP contribution in [0.1, 0.15) is 71.4 Å². The van der Waals surface area contributed by atoms with E-state index in [9.17, 15) is 4.79 Å². The van der Waals surface area contributed by atoms with E-state index in [-0.39, 0.29) is 11.9 Å². The second-order valence-corrected chi connectivity index (χ2v) is 6.77. The predicted molar refractivity (Wildman–Crippen MR) is 75.7 cm³/mol. The van der Waals surface area contributed by atoms with E-state index in [1.807, 2.05) is 0 Å². The van der Waals surface area contributed by atoms with Gasteiger partial charge in [0.25, 0.3) is 0 Å². The molecule has 0 radical (unpaired) electrons. The van der Waals surface area contributed by atoms with Crippen LogP contribution in [0.3, 0.4) is 0 Å². The fourth-order valence-corrected chi connectivity index (χ4v) is 4.64. The number of nitrogens with zero attached hydrogens (tertiary/aromatic N) is 1. The van der Waals surface area contributed by atoms with Crippen LogP contribution >= 0.6 is 11.3 Å². The normalized spacial score (nSPS) is 22.3. The Morgan fingerprint density at radius 1 is 1.21 bits per heavy atom. The van der Waals surface area contributed by atoms with Crippen molar-refractivity contribution in [3.8, 4) is 0 Å². The Balaban J connectivity index is 1.85. The summed E-state index contributed by atoms with van der Waals surface area (Å²) < 4.78 is 5.73. The van der Waals surface area contributed by atoms with E-state index in [0.29, 0.717) is 12.3 Å². The quantitative estimate of drug-likeness (QED) is 0.841. The number of thiazole rings is 1. The Labute approximate surface area is 118 Å². The van der Waals surface area contributed by atoms with Crippen LogP contribution in [-0.4, -0.2) is 17.9 Å². The molecule has 1 atom stereocenters.